The molecule has 0 amide bonds. The summed E-state index contributed by atoms with van der Waals surface area (Å²) < 4.78 is 0. The second-order valence-electron chi connectivity index (χ2n) is 4.47. The third kappa shape index (κ3) is 1.28. The van der Waals surface area contributed by atoms with Crippen LogP contribution in [0.1, 0.15) is 30.0 Å². The molecule has 0 saturated carbocycles. The van der Waals surface area contributed by atoms with E-state index in [-0.39, 0.29) is 0 Å². The van der Waals surface area contributed by atoms with Gasteiger partial charge in [-0.05, 0) is 46.7 Å². The van der Waals surface area contributed by atoms with Gasteiger partial charge in [0.2, 0.25) is 0 Å². The fourth-order valence-electron chi connectivity index (χ4n) is 2.84. The summed E-state index contributed by atoms with van der Waals surface area (Å²) in [5.74, 6) is 0. The molecule has 0 N–H and O–H groups in total. The average molecular weight is 196 g/mol. The molecule has 0 atom stereocenters. The summed E-state index contributed by atoms with van der Waals surface area (Å²) >= 11 is 0. The Morgan fingerprint density at radius 1 is 1.07 bits per heavy atom. The van der Waals surface area contributed by atoms with Gasteiger partial charge < -0.3 is 0 Å². The van der Waals surface area contributed by atoms with E-state index in [1.807, 2.05) is 0 Å². The highest BCUT2D eigenvalue weighted by molar-refractivity contribution is 5.91. The average Bonchev–Trinajstić information content (AvgIpc) is 2.69. The third-order valence-electron chi connectivity index (χ3n) is 3.50. The quantitative estimate of drug-likeness (QED) is 0.683. The normalized spacial score (nSPS) is 13.7. The van der Waals surface area contributed by atoms with Gasteiger partial charge >= 0.3 is 0 Å². The highest BCUT2D eigenvalue weighted by atomic mass is 14.2. The number of hydrogen-bond donors (Lipinski definition) is 0. The van der Waals surface area contributed by atoms with Crippen molar-refractivity contribution in [1.82, 2.24) is 0 Å². The Morgan fingerprint density at radius 3 is 2.87 bits per heavy atom. The first-order valence-electron chi connectivity index (χ1n) is 5.92. The van der Waals surface area contributed by atoms with Crippen molar-refractivity contribution < 1.29 is 0 Å². The fourth-order valence-corrected chi connectivity index (χ4v) is 2.84. The fraction of sp³-hybridized carbons (Fsp3) is 0.333. The number of rotatable bonds is 2. The van der Waals surface area contributed by atoms with E-state index in [0.717, 1.165) is 0 Å². The van der Waals surface area contributed by atoms with E-state index in [1.54, 1.807) is 22.1 Å². The molecule has 0 unspecified atom stereocenters. The Balaban J connectivity index is 2.30. The van der Waals surface area contributed by atoms with E-state index >= 15 is 0 Å². The maximum Gasteiger partial charge on any atom is -0.0117 e. The van der Waals surface area contributed by atoms with Gasteiger partial charge in [0.1, 0.15) is 0 Å². The molecule has 1 aliphatic carbocycles. The second kappa shape index (κ2) is 3.37. The largest absolute Gasteiger partial charge is 0.0651 e. The van der Waals surface area contributed by atoms with Gasteiger partial charge in [-0.15, -0.1) is 0 Å². The van der Waals surface area contributed by atoms with Crippen molar-refractivity contribution in [3.63, 3.8) is 0 Å². The molecule has 0 heterocycles. The summed E-state index contributed by atoms with van der Waals surface area (Å²) in [5, 5.41) is 2.99. The van der Waals surface area contributed by atoms with E-state index in [9.17, 15) is 0 Å². The van der Waals surface area contributed by atoms with Gasteiger partial charge in [0.25, 0.3) is 0 Å². The maximum absolute atomic E-state index is 2.33. The summed E-state index contributed by atoms with van der Waals surface area (Å²) in [5.41, 5.74) is 4.76. The molecule has 0 radical (unpaired) electrons. The van der Waals surface area contributed by atoms with Gasteiger partial charge in [0.05, 0.1) is 0 Å². The van der Waals surface area contributed by atoms with Crippen LogP contribution in [0, 0.1) is 0 Å². The number of benzene rings is 2. The first-order valence-corrected chi connectivity index (χ1v) is 5.92. The molecule has 0 aromatic heterocycles. The second-order valence-corrected chi connectivity index (χ2v) is 4.47. The molecule has 2 aromatic rings. The van der Waals surface area contributed by atoms with Crippen molar-refractivity contribution in [2.24, 2.45) is 0 Å². The first-order chi connectivity index (χ1) is 7.40. The lowest BCUT2D eigenvalue weighted by atomic mass is 9.97. The van der Waals surface area contributed by atoms with Crippen LogP contribution < -0.4 is 0 Å². The zero-order valence-electron chi connectivity index (χ0n) is 9.22. The van der Waals surface area contributed by atoms with Crippen LogP contribution in [0.3, 0.4) is 0 Å². The molecule has 0 fully saturated rings. The van der Waals surface area contributed by atoms with Crippen LogP contribution in [0.4, 0.5) is 0 Å². The minimum absolute atomic E-state index is 1.24. The van der Waals surface area contributed by atoms with E-state index in [0.29, 0.717) is 0 Å². The lowest BCUT2D eigenvalue weighted by Gasteiger charge is -2.07. The molecular weight excluding hydrogens is 180 g/mol. The van der Waals surface area contributed by atoms with Gasteiger partial charge in [0.15, 0.2) is 0 Å². The molecule has 0 nitrogen and oxygen atoms in total. The Hall–Kier alpha value is -1.30. The Kier molecular flexibility index (Phi) is 2.02. The summed E-state index contributed by atoms with van der Waals surface area (Å²) in [6.45, 7) is 2.26. The van der Waals surface area contributed by atoms with E-state index < -0.39 is 0 Å². The van der Waals surface area contributed by atoms with Gasteiger partial charge in [-0.3, -0.25) is 0 Å². The van der Waals surface area contributed by atoms with Crippen LogP contribution in [-0.4, -0.2) is 0 Å². The van der Waals surface area contributed by atoms with Gasteiger partial charge in [0, 0.05) is 0 Å². The van der Waals surface area contributed by atoms with Gasteiger partial charge in [-0.25, -0.2) is 0 Å². The standard InChI is InChI=1S/C15H16/c1-2-4-11-7-8-12-5-3-6-13-9-10-14(11)15(12)13/h3,5-8H,2,4,9-10H2,1H3. The predicted molar refractivity (Wildman–Crippen MR) is 65.4 cm³/mol. The topological polar surface area (TPSA) is 0 Å². The van der Waals surface area contributed by atoms with Gasteiger partial charge in [-0.1, -0.05) is 43.7 Å². The third-order valence-corrected chi connectivity index (χ3v) is 3.50. The smallest absolute Gasteiger partial charge is 0.0117 e. The predicted octanol–water partition coefficient (Wildman–Crippen LogP) is 3.89. The number of hydrogen-bond acceptors (Lipinski definition) is 0. The van der Waals surface area contributed by atoms with Crippen molar-refractivity contribution in [2.45, 2.75) is 32.6 Å². The summed E-state index contributed by atoms with van der Waals surface area (Å²) in [4.78, 5) is 0. The van der Waals surface area contributed by atoms with E-state index in [1.165, 1.54) is 31.1 Å². The maximum atomic E-state index is 2.33. The molecule has 0 spiro atoms. The Bertz CT molecular complexity index is 509. The first kappa shape index (κ1) is 8.96. The summed E-state index contributed by atoms with van der Waals surface area (Å²) in [6.07, 6.45) is 4.99. The highest BCUT2D eigenvalue weighted by Crippen LogP contribution is 2.33. The minimum Gasteiger partial charge on any atom is -0.0651 e. The summed E-state index contributed by atoms with van der Waals surface area (Å²) in [7, 11) is 0. The Labute approximate surface area is 90.9 Å². The molecule has 15 heavy (non-hydrogen) atoms. The van der Waals surface area contributed by atoms with Gasteiger partial charge in [-0.2, -0.15) is 0 Å². The van der Waals surface area contributed by atoms with Crippen molar-refractivity contribution in [2.75, 3.05) is 0 Å². The molecule has 0 saturated heterocycles. The molecule has 76 valence electrons. The zero-order chi connectivity index (χ0) is 10.3. The lowest BCUT2D eigenvalue weighted by Crippen LogP contribution is -1.91. The Morgan fingerprint density at radius 2 is 2.00 bits per heavy atom. The highest BCUT2D eigenvalue weighted by Gasteiger charge is 2.16. The van der Waals surface area contributed by atoms with Crippen LogP contribution >= 0.6 is 0 Å². The van der Waals surface area contributed by atoms with E-state index in [2.05, 4.69) is 37.3 Å². The monoisotopic (exact) mass is 196 g/mol. The molecule has 0 heteroatoms. The molecule has 1 aliphatic rings. The minimum atomic E-state index is 1.24. The molecule has 2 aromatic carbocycles. The van der Waals surface area contributed by atoms with Crippen molar-refractivity contribution in [3.8, 4) is 0 Å². The van der Waals surface area contributed by atoms with Crippen molar-refractivity contribution in [1.29, 1.82) is 0 Å². The SMILES string of the molecule is CCCc1ccc2cccc3c2c1CC3. The van der Waals surface area contributed by atoms with E-state index in [4.69, 9.17) is 0 Å². The van der Waals surface area contributed by atoms with Crippen LogP contribution in [-0.2, 0) is 19.3 Å². The molecule has 0 bridgehead atoms. The van der Waals surface area contributed by atoms with Crippen molar-refractivity contribution in [3.05, 3.63) is 47.0 Å². The molecule has 3 rings (SSSR count). The van der Waals surface area contributed by atoms with Crippen molar-refractivity contribution >= 4 is 10.8 Å². The van der Waals surface area contributed by atoms with Crippen LogP contribution in [0.15, 0.2) is 30.3 Å². The lowest BCUT2D eigenvalue weighted by molar-refractivity contribution is 0.897. The van der Waals surface area contributed by atoms with Crippen LogP contribution in [0.25, 0.3) is 10.8 Å². The molecular formula is C15H16. The van der Waals surface area contributed by atoms with Crippen LogP contribution in [0.5, 0.6) is 0 Å². The number of aryl methyl sites for hydroxylation is 3. The summed E-state index contributed by atoms with van der Waals surface area (Å²) in [6, 6.07) is 11.3. The van der Waals surface area contributed by atoms with Crippen LogP contribution in [0.2, 0.25) is 0 Å². The zero-order valence-corrected chi connectivity index (χ0v) is 9.22. The molecule has 0 aliphatic heterocycles.